The maximum absolute atomic E-state index is 12.2. The molecule has 1 heterocycles. The molecule has 1 aromatic heterocycles. The molecule has 86 valence electrons. The van der Waals surface area contributed by atoms with Gasteiger partial charge in [-0.15, -0.1) is 11.3 Å². The average molecular weight is 243 g/mol. The monoisotopic (exact) mass is 243 g/mol. The van der Waals surface area contributed by atoms with Crippen molar-refractivity contribution in [3.8, 4) is 0 Å². The Labute approximate surface area is 104 Å². The van der Waals surface area contributed by atoms with Crippen molar-refractivity contribution in [3.63, 3.8) is 0 Å². The maximum atomic E-state index is 12.2. The van der Waals surface area contributed by atoms with Crippen LogP contribution >= 0.6 is 11.3 Å². The van der Waals surface area contributed by atoms with Crippen LogP contribution in [0.2, 0.25) is 0 Å². The largest absolute Gasteiger partial charge is 0.286 e. The van der Waals surface area contributed by atoms with Gasteiger partial charge in [-0.2, -0.15) is 0 Å². The van der Waals surface area contributed by atoms with Crippen molar-refractivity contribution in [2.45, 2.75) is 25.7 Å². The number of aryl methyl sites for hydroxylation is 1. The second-order valence-corrected chi connectivity index (χ2v) is 5.55. The molecule has 17 heavy (non-hydrogen) atoms. The molecule has 1 atom stereocenters. The van der Waals surface area contributed by atoms with E-state index in [1.807, 2.05) is 30.3 Å². The number of nitrogens with zero attached hydrogens (tertiary/aromatic N) is 1. The molecular weight excluding hydrogens is 230 g/mol. The highest BCUT2D eigenvalue weighted by molar-refractivity contribution is 7.14. The van der Waals surface area contributed by atoms with Crippen molar-refractivity contribution in [2.24, 2.45) is 0 Å². The lowest BCUT2D eigenvalue weighted by Gasteiger charge is -1.99. The Bertz CT molecular complexity index is 559. The number of fused-ring (bicyclic) bond motifs is 1. The lowest BCUT2D eigenvalue weighted by molar-refractivity contribution is 0.103. The van der Waals surface area contributed by atoms with E-state index in [0.717, 1.165) is 17.7 Å². The molecule has 0 bridgehead atoms. The highest BCUT2D eigenvalue weighted by Gasteiger charge is 2.25. The average Bonchev–Trinajstić information content (AvgIpc) is 2.92. The summed E-state index contributed by atoms with van der Waals surface area (Å²) in [6.45, 7) is 2.18. The molecule has 0 saturated carbocycles. The van der Waals surface area contributed by atoms with Crippen LogP contribution < -0.4 is 0 Å². The molecule has 1 aliphatic carbocycles. The quantitative estimate of drug-likeness (QED) is 0.756. The van der Waals surface area contributed by atoms with Crippen LogP contribution in [0.1, 0.15) is 45.2 Å². The molecule has 1 unspecified atom stereocenters. The molecular formula is C14H13NOS. The van der Waals surface area contributed by atoms with Gasteiger partial charge in [-0.05, 0) is 18.8 Å². The first-order chi connectivity index (χ1) is 8.25. The van der Waals surface area contributed by atoms with Crippen LogP contribution in [-0.2, 0) is 6.42 Å². The molecule has 2 aromatic rings. The minimum absolute atomic E-state index is 0.0530. The third kappa shape index (κ3) is 1.80. The number of rotatable bonds is 2. The summed E-state index contributed by atoms with van der Waals surface area (Å²) in [4.78, 5) is 18.0. The molecule has 0 N–H and O–H groups in total. The van der Waals surface area contributed by atoms with Crippen molar-refractivity contribution in [2.75, 3.05) is 0 Å². The molecule has 1 aromatic carbocycles. The van der Waals surface area contributed by atoms with Gasteiger partial charge < -0.3 is 0 Å². The fourth-order valence-electron chi connectivity index (χ4n) is 2.22. The predicted octanol–water partition coefficient (Wildman–Crippen LogP) is 3.42. The van der Waals surface area contributed by atoms with Gasteiger partial charge in [-0.25, -0.2) is 4.98 Å². The SMILES string of the molecule is CC1CCc2sc(C(=O)c3ccccc3)nc21. The van der Waals surface area contributed by atoms with Crippen LogP contribution in [0.15, 0.2) is 30.3 Å². The fraction of sp³-hybridized carbons (Fsp3) is 0.286. The number of carbonyl (C=O) groups is 1. The first-order valence-corrected chi connectivity index (χ1v) is 6.66. The van der Waals surface area contributed by atoms with Crippen LogP contribution in [0.3, 0.4) is 0 Å². The lowest BCUT2D eigenvalue weighted by Crippen LogP contribution is -2.01. The second kappa shape index (κ2) is 4.08. The van der Waals surface area contributed by atoms with Crippen molar-refractivity contribution in [1.82, 2.24) is 4.98 Å². The van der Waals surface area contributed by atoms with Gasteiger partial charge in [0.25, 0.3) is 0 Å². The number of carbonyl (C=O) groups excluding carboxylic acids is 1. The predicted molar refractivity (Wildman–Crippen MR) is 68.7 cm³/mol. The smallest absolute Gasteiger partial charge is 0.221 e. The summed E-state index contributed by atoms with van der Waals surface area (Å²) >= 11 is 1.57. The van der Waals surface area contributed by atoms with Gasteiger partial charge >= 0.3 is 0 Å². The zero-order chi connectivity index (χ0) is 11.8. The Kier molecular flexibility index (Phi) is 2.56. The highest BCUT2D eigenvalue weighted by Crippen LogP contribution is 2.36. The Hall–Kier alpha value is -1.48. The van der Waals surface area contributed by atoms with Crippen LogP contribution in [0.25, 0.3) is 0 Å². The molecule has 0 amide bonds. The number of ketones is 1. The normalized spacial score (nSPS) is 18.1. The molecule has 0 radical (unpaired) electrons. The number of aromatic nitrogens is 1. The van der Waals surface area contributed by atoms with E-state index in [1.165, 1.54) is 11.3 Å². The third-order valence-electron chi connectivity index (χ3n) is 3.23. The molecule has 0 spiro atoms. The topological polar surface area (TPSA) is 30.0 Å². The van der Waals surface area contributed by atoms with Gasteiger partial charge in [0.1, 0.15) is 0 Å². The molecule has 1 aliphatic rings. The zero-order valence-electron chi connectivity index (χ0n) is 9.64. The van der Waals surface area contributed by atoms with Crippen molar-refractivity contribution >= 4 is 17.1 Å². The summed E-state index contributed by atoms with van der Waals surface area (Å²) in [5, 5.41) is 0.646. The first-order valence-electron chi connectivity index (χ1n) is 5.85. The summed E-state index contributed by atoms with van der Waals surface area (Å²) in [6, 6.07) is 9.38. The van der Waals surface area contributed by atoms with E-state index in [1.54, 1.807) is 11.3 Å². The Morgan fingerprint density at radius 3 is 2.82 bits per heavy atom. The van der Waals surface area contributed by atoms with E-state index in [-0.39, 0.29) is 5.78 Å². The van der Waals surface area contributed by atoms with Gasteiger partial charge in [-0.1, -0.05) is 37.3 Å². The molecule has 0 saturated heterocycles. The summed E-state index contributed by atoms with van der Waals surface area (Å²) in [5.41, 5.74) is 1.88. The lowest BCUT2D eigenvalue weighted by atomic mass is 10.1. The summed E-state index contributed by atoms with van der Waals surface area (Å²) in [5.74, 6) is 0.566. The number of thiazole rings is 1. The first kappa shape index (κ1) is 10.7. The minimum Gasteiger partial charge on any atom is -0.286 e. The zero-order valence-corrected chi connectivity index (χ0v) is 10.5. The maximum Gasteiger partial charge on any atom is 0.221 e. The van der Waals surface area contributed by atoms with Crippen LogP contribution in [0.4, 0.5) is 0 Å². The Balaban J connectivity index is 1.96. The van der Waals surface area contributed by atoms with Crippen LogP contribution in [0, 0.1) is 0 Å². The van der Waals surface area contributed by atoms with E-state index in [9.17, 15) is 4.79 Å². The summed E-state index contributed by atoms with van der Waals surface area (Å²) in [6.07, 6.45) is 2.25. The van der Waals surface area contributed by atoms with E-state index < -0.39 is 0 Å². The van der Waals surface area contributed by atoms with Crippen molar-refractivity contribution in [1.29, 1.82) is 0 Å². The van der Waals surface area contributed by atoms with Gasteiger partial charge in [0.05, 0.1) is 5.69 Å². The van der Waals surface area contributed by atoms with E-state index in [4.69, 9.17) is 0 Å². The number of hydrogen-bond acceptors (Lipinski definition) is 3. The molecule has 3 heteroatoms. The summed E-state index contributed by atoms with van der Waals surface area (Å²) < 4.78 is 0. The fourth-order valence-corrected chi connectivity index (χ4v) is 3.38. The van der Waals surface area contributed by atoms with Crippen molar-refractivity contribution < 1.29 is 4.79 Å². The van der Waals surface area contributed by atoms with Crippen LogP contribution in [0.5, 0.6) is 0 Å². The van der Waals surface area contributed by atoms with Gasteiger partial charge in [0, 0.05) is 10.4 Å². The second-order valence-electron chi connectivity index (χ2n) is 4.46. The summed E-state index contributed by atoms with van der Waals surface area (Å²) in [7, 11) is 0. The highest BCUT2D eigenvalue weighted by atomic mass is 32.1. The molecule has 0 fully saturated rings. The van der Waals surface area contributed by atoms with Gasteiger partial charge in [0.2, 0.25) is 5.78 Å². The van der Waals surface area contributed by atoms with E-state index in [2.05, 4.69) is 11.9 Å². The van der Waals surface area contributed by atoms with E-state index in [0.29, 0.717) is 10.9 Å². The molecule has 0 aliphatic heterocycles. The molecule has 2 nitrogen and oxygen atoms in total. The number of hydrogen-bond donors (Lipinski definition) is 0. The third-order valence-corrected chi connectivity index (χ3v) is 4.36. The Morgan fingerprint density at radius 2 is 2.12 bits per heavy atom. The van der Waals surface area contributed by atoms with Gasteiger partial charge in [0.15, 0.2) is 5.01 Å². The minimum atomic E-state index is 0.0530. The Morgan fingerprint density at radius 1 is 1.35 bits per heavy atom. The standard InChI is InChI=1S/C14H13NOS/c1-9-7-8-11-12(9)15-14(17-11)13(16)10-5-3-2-4-6-10/h2-6,9H,7-8H2,1H3. The van der Waals surface area contributed by atoms with Gasteiger partial charge in [-0.3, -0.25) is 4.79 Å². The van der Waals surface area contributed by atoms with E-state index >= 15 is 0 Å². The van der Waals surface area contributed by atoms with Crippen molar-refractivity contribution in [3.05, 3.63) is 51.5 Å². The molecule has 3 rings (SSSR count). The van der Waals surface area contributed by atoms with Crippen LogP contribution in [-0.4, -0.2) is 10.8 Å². The number of benzene rings is 1.